The quantitative estimate of drug-likeness (QED) is 0.342. The van der Waals surface area contributed by atoms with Gasteiger partial charge in [-0.1, -0.05) is 24.2 Å². The first-order valence-corrected chi connectivity index (χ1v) is 5.69. The molecule has 0 fully saturated rings. The third-order valence-corrected chi connectivity index (χ3v) is 2.67. The Morgan fingerprint density at radius 2 is 2.05 bits per heavy atom. The number of carbonyl (C=O) groups excluding carboxylic acids is 1. The molecule has 0 aliphatic rings. The van der Waals surface area contributed by atoms with Gasteiger partial charge in [0.1, 0.15) is 5.84 Å². The lowest BCUT2D eigenvalue weighted by atomic mass is 10.1. The van der Waals surface area contributed by atoms with Crippen molar-refractivity contribution in [1.29, 1.82) is 0 Å². The van der Waals surface area contributed by atoms with Crippen molar-refractivity contribution in [3.8, 4) is 0 Å². The number of nitrogens with one attached hydrogen (secondary N) is 1. The van der Waals surface area contributed by atoms with E-state index >= 15 is 0 Å². The number of amidine groups is 1. The number of oxime groups is 1. The van der Waals surface area contributed by atoms with Crippen LogP contribution in [0.25, 0.3) is 0 Å². The number of nitrogens with two attached hydrogens (primary N) is 1. The average Bonchev–Trinajstić information content (AvgIpc) is 2.42. The van der Waals surface area contributed by atoms with Gasteiger partial charge in [0, 0.05) is 12.5 Å². The summed E-state index contributed by atoms with van der Waals surface area (Å²) in [6, 6.07) is 4.48. The van der Waals surface area contributed by atoms with Crippen LogP contribution in [0.2, 0.25) is 0 Å². The van der Waals surface area contributed by atoms with Crippen LogP contribution >= 0.6 is 0 Å². The fourth-order valence-electron chi connectivity index (χ4n) is 1.47. The first-order chi connectivity index (χ1) is 9.27. The Morgan fingerprint density at radius 3 is 2.60 bits per heavy atom. The van der Waals surface area contributed by atoms with Crippen LogP contribution in [0.5, 0.6) is 0 Å². The molecule has 0 aromatic heterocycles. The number of amides is 1. The lowest BCUT2D eigenvalue weighted by Crippen LogP contribution is -2.35. The maximum atomic E-state index is 12.7. The van der Waals surface area contributed by atoms with E-state index in [9.17, 15) is 18.0 Å². The molecular weight excluding hydrogens is 275 g/mol. The van der Waals surface area contributed by atoms with E-state index in [0.29, 0.717) is 0 Å². The smallest absolute Gasteiger partial charge is 0.409 e. The highest BCUT2D eigenvalue weighted by molar-refractivity contribution is 5.96. The third-order valence-electron chi connectivity index (χ3n) is 2.67. The molecule has 1 rings (SSSR count). The molecule has 1 unspecified atom stereocenters. The minimum absolute atomic E-state index is 0.0408. The van der Waals surface area contributed by atoms with E-state index in [-0.39, 0.29) is 12.4 Å². The summed E-state index contributed by atoms with van der Waals surface area (Å²) in [6.45, 7) is 1.52. The summed E-state index contributed by atoms with van der Waals surface area (Å²) in [7, 11) is 0. The zero-order valence-corrected chi connectivity index (χ0v) is 10.6. The number of carbonyl (C=O) groups is 1. The Labute approximate surface area is 113 Å². The van der Waals surface area contributed by atoms with E-state index in [2.05, 4.69) is 10.5 Å². The van der Waals surface area contributed by atoms with Crippen LogP contribution in [-0.2, 0) is 6.18 Å². The molecule has 1 aromatic carbocycles. The van der Waals surface area contributed by atoms with Gasteiger partial charge < -0.3 is 16.3 Å². The highest BCUT2D eigenvalue weighted by atomic mass is 19.4. The molecule has 0 spiro atoms. The minimum atomic E-state index is -4.61. The topological polar surface area (TPSA) is 87.7 Å². The van der Waals surface area contributed by atoms with E-state index in [1.54, 1.807) is 6.92 Å². The fourth-order valence-corrected chi connectivity index (χ4v) is 1.47. The Morgan fingerprint density at radius 1 is 1.45 bits per heavy atom. The van der Waals surface area contributed by atoms with Gasteiger partial charge in [0.2, 0.25) is 0 Å². The largest absolute Gasteiger partial charge is 0.417 e. The number of rotatable bonds is 4. The standard InChI is InChI=1S/C12H14F3N3O2/c1-7(10(16)18-20)6-17-11(19)8-4-2-3-5-9(8)12(13,14)15/h2-5,7,20H,6H2,1H3,(H2,16,18)(H,17,19). The number of nitrogens with zero attached hydrogens (tertiary/aromatic N) is 1. The number of halogens is 3. The van der Waals surface area contributed by atoms with Gasteiger partial charge in [0.05, 0.1) is 11.1 Å². The molecule has 0 aliphatic heterocycles. The van der Waals surface area contributed by atoms with Crippen molar-refractivity contribution in [3.05, 3.63) is 35.4 Å². The average molecular weight is 289 g/mol. The van der Waals surface area contributed by atoms with Crippen LogP contribution in [-0.4, -0.2) is 23.5 Å². The zero-order chi connectivity index (χ0) is 15.3. The van der Waals surface area contributed by atoms with Gasteiger partial charge in [-0.05, 0) is 12.1 Å². The molecule has 0 saturated carbocycles. The predicted molar refractivity (Wildman–Crippen MR) is 66.4 cm³/mol. The lowest BCUT2D eigenvalue weighted by Gasteiger charge is -2.14. The van der Waals surface area contributed by atoms with Crippen molar-refractivity contribution >= 4 is 11.7 Å². The van der Waals surface area contributed by atoms with Gasteiger partial charge in [-0.2, -0.15) is 13.2 Å². The minimum Gasteiger partial charge on any atom is -0.409 e. The molecule has 5 nitrogen and oxygen atoms in total. The van der Waals surface area contributed by atoms with E-state index in [4.69, 9.17) is 10.9 Å². The first kappa shape index (κ1) is 15.8. The number of hydrogen-bond acceptors (Lipinski definition) is 3. The fraction of sp³-hybridized carbons (Fsp3) is 0.333. The van der Waals surface area contributed by atoms with Gasteiger partial charge in [0.25, 0.3) is 5.91 Å². The van der Waals surface area contributed by atoms with Crippen LogP contribution in [0, 0.1) is 5.92 Å². The van der Waals surface area contributed by atoms with Crippen LogP contribution < -0.4 is 11.1 Å². The monoisotopic (exact) mass is 289 g/mol. The molecule has 1 aromatic rings. The second-order valence-corrected chi connectivity index (χ2v) is 4.18. The van der Waals surface area contributed by atoms with Crippen LogP contribution in [0.3, 0.4) is 0 Å². The molecule has 8 heteroatoms. The van der Waals surface area contributed by atoms with Gasteiger partial charge in [-0.3, -0.25) is 4.79 Å². The first-order valence-electron chi connectivity index (χ1n) is 5.69. The maximum Gasteiger partial charge on any atom is 0.417 e. The molecule has 0 saturated heterocycles. The molecule has 0 radical (unpaired) electrons. The van der Waals surface area contributed by atoms with Crippen molar-refractivity contribution < 1.29 is 23.2 Å². The van der Waals surface area contributed by atoms with Crippen LogP contribution in [0.4, 0.5) is 13.2 Å². The molecule has 1 amide bonds. The number of hydrogen-bond donors (Lipinski definition) is 3. The van der Waals surface area contributed by atoms with Gasteiger partial charge >= 0.3 is 6.18 Å². The zero-order valence-electron chi connectivity index (χ0n) is 10.6. The highest BCUT2D eigenvalue weighted by Gasteiger charge is 2.34. The van der Waals surface area contributed by atoms with Crippen molar-refractivity contribution in [2.75, 3.05) is 6.54 Å². The molecule has 0 heterocycles. The van der Waals surface area contributed by atoms with E-state index in [1.807, 2.05) is 0 Å². The Hall–Kier alpha value is -2.25. The van der Waals surface area contributed by atoms with Crippen LogP contribution in [0.1, 0.15) is 22.8 Å². The van der Waals surface area contributed by atoms with Crippen molar-refractivity contribution in [1.82, 2.24) is 5.32 Å². The van der Waals surface area contributed by atoms with Gasteiger partial charge in [-0.25, -0.2) is 0 Å². The lowest BCUT2D eigenvalue weighted by molar-refractivity contribution is -0.137. The summed E-state index contributed by atoms with van der Waals surface area (Å²) in [4.78, 5) is 11.8. The maximum absolute atomic E-state index is 12.7. The second kappa shape index (κ2) is 6.27. The summed E-state index contributed by atoms with van der Waals surface area (Å²) in [5.74, 6) is -1.48. The number of alkyl halides is 3. The highest BCUT2D eigenvalue weighted by Crippen LogP contribution is 2.31. The van der Waals surface area contributed by atoms with Crippen molar-refractivity contribution in [3.63, 3.8) is 0 Å². The van der Waals surface area contributed by atoms with Gasteiger partial charge in [-0.15, -0.1) is 0 Å². The molecule has 110 valence electrons. The predicted octanol–water partition coefficient (Wildman–Crippen LogP) is 1.82. The summed E-state index contributed by atoms with van der Waals surface area (Å²) in [6.07, 6.45) is -4.61. The molecule has 0 bridgehead atoms. The summed E-state index contributed by atoms with van der Waals surface area (Å²) >= 11 is 0. The van der Waals surface area contributed by atoms with Crippen molar-refractivity contribution in [2.45, 2.75) is 13.1 Å². The molecule has 4 N–H and O–H groups in total. The number of benzene rings is 1. The van der Waals surface area contributed by atoms with E-state index < -0.39 is 29.1 Å². The van der Waals surface area contributed by atoms with Gasteiger partial charge in [0.15, 0.2) is 0 Å². The summed E-state index contributed by atoms with van der Waals surface area (Å²) < 4.78 is 38.2. The third kappa shape index (κ3) is 3.87. The Balaban J connectivity index is 2.84. The molecule has 1 atom stereocenters. The van der Waals surface area contributed by atoms with E-state index in [0.717, 1.165) is 12.1 Å². The SMILES string of the molecule is CC(CNC(=O)c1ccccc1C(F)(F)F)C(N)=NO. The molecule has 20 heavy (non-hydrogen) atoms. The second-order valence-electron chi connectivity index (χ2n) is 4.18. The summed E-state index contributed by atoms with van der Waals surface area (Å²) in [5.41, 5.74) is 3.84. The molecule has 0 aliphatic carbocycles. The normalized spacial score (nSPS) is 13.9. The summed E-state index contributed by atoms with van der Waals surface area (Å²) in [5, 5.41) is 13.5. The van der Waals surface area contributed by atoms with E-state index in [1.165, 1.54) is 12.1 Å². The van der Waals surface area contributed by atoms with Crippen molar-refractivity contribution in [2.24, 2.45) is 16.8 Å². The Bertz CT molecular complexity index is 515. The Kier molecular flexibility index (Phi) is 4.95. The molecular formula is C12H14F3N3O2. The van der Waals surface area contributed by atoms with Crippen LogP contribution in [0.15, 0.2) is 29.4 Å².